The number of tetrazole rings is 1. The molecule has 9 nitrogen and oxygen atoms in total. The first-order valence-electron chi connectivity index (χ1n) is 8.93. The highest BCUT2D eigenvalue weighted by Crippen LogP contribution is 2.36. The van der Waals surface area contributed by atoms with Crippen LogP contribution in [-0.4, -0.2) is 40.9 Å². The molecule has 9 heteroatoms. The van der Waals surface area contributed by atoms with Crippen molar-refractivity contribution in [2.24, 2.45) is 0 Å². The largest absolute Gasteiger partial charge is 0.322 e. The minimum absolute atomic E-state index is 0.191. The lowest BCUT2D eigenvalue weighted by atomic mass is 10.1. The van der Waals surface area contributed by atoms with Crippen molar-refractivity contribution in [3.05, 3.63) is 66.7 Å². The number of nitrogens with zero attached hydrogens (tertiary/aromatic N) is 7. The standard InChI is InChI=1S/C19H16N8O/c28-19(13-4-6-16(7-5-13)26-12-20-11-21-26)22-15-3-1-2-14(10-15)18-23-24-25-27(18)17-8-9-17/h1-7,10-12,17H,8-9H2,(H,22,28). The molecule has 2 heterocycles. The Bertz CT molecular complexity index is 1110. The van der Waals surface area contributed by atoms with Crippen molar-refractivity contribution in [3.8, 4) is 17.1 Å². The first-order chi connectivity index (χ1) is 13.8. The van der Waals surface area contributed by atoms with Gasteiger partial charge in [-0.05, 0) is 59.7 Å². The van der Waals surface area contributed by atoms with Gasteiger partial charge in [0.1, 0.15) is 12.7 Å². The average molecular weight is 372 g/mol. The average Bonchev–Trinajstić information content (AvgIpc) is 3.21. The third kappa shape index (κ3) is 3.13. The lowest BCUT2D eigenvalue weighted by molar-refractivity contribution is 0.102. The van der Waals surface area contributed by atoms with Crippen LogP contribution in [-0.2, 0) is 0 Å². The maximum Gasteiger partial charge on any atom is 0.255 e. The van der Waals surface area contributed by atoms with Gasteiger partial charge < -0.3 is 5.32 Å². The Hall–Kier alpha value is -3.88. The molecule has 1 N–H and O–H groups in total. The highest BCUT2D eigenvalue weighted by Gasteiger charge is 2.28. The van der Waals surface area contributed by atoms with Gasteiger partial charge >= 0.3 is 0 Å². The predicted molar refractivity (Wildman–Crippen MR) is 101 cm³/mol. The fourth-order valence-corrected chi connectivity index (χ4v) is 3.00. The Labute approximate surface area is 160 Å². The van der Waals surface area contributed by atoms with Gasteiger partial charge in [-0.3, -0.25) is 4.79 Å². The van der Waals surface area contributed by atoms with Crippen molar-refractivity contribution >= 4 is 11.6 Å². The number of carbonyl (C=O) groups is 1. The van der Waals surface area contributed by atoms with Crippen LogP contribution in [0.1, 0.15) is 29.2 Å². The molecular weight excluding hydrogens is 356 g/mol. The van der Waals surface area contributed by atoms with Crippen molar-refractivity contribution in [1.82, 2.24) is 35.0 Å². The minimum atomic E-state index is -0.191. The van der Waals surface area contributed by atoms with Crippen LogP contribution in [0.25, 0.3) is 17.1 Å². The molecule has 0 atom stereocenters. The molecular formula is C19H16N8O. The van der Waals surface area contributed by atoms with E-state index in [1.807, 2.05) is 41.1 Å². The molecule has 1 fully saturated rings. The van der Waals surface area contributed by atoms with Crippen LogP contribution in [0.3, 0.4) is 0 Å². The van der Waals surface area contributed by atoms with Gasteiger partial charge in [-0.2, -0.15) is 5.10 Å². The summed E-state index contributed by atoms with van der Waals surface area (Å²) < 4.78 is 3.49. The van der Waals surface area contributed by atoms with Crippen molar-refractivity contribution in [2.45, 2.75) is 18.9 Å². The molecule has 1 amide bonds. The van der Waals surface area contributed by atoms with Crippen molar-refractivity contribution in [1.29, 1.82) is 0 Å². The SMILES string of the molecule is O=C(Nc1cccc(-c2nnnn2C2CC2)c1)c1ccc(-n2cncn2)cc1. The number of amides is 1. The molecule has 0 saturated heterocycles. The summed E-state index contributed by atoms with van der Waals surface area (Å²) in [6, 6.07) is 15.1. The number of anilines is 1. The van der Waals surface area contributed by atoms with Gasteiger partial charge in [-0.15, -0.1) is 5.10 Å². The smallest absolute Gasteiger partial charge is 0.255 e. The second-order valence-electron chi connectivity index (χ2n) is 6.60. The van der Waals surface area contributed by atoms with Crippen LogP contribution in [0.15, 0.2) is 61.2 Å². The van der Waals surface area contributed by atoms with Gasteiger partial charge in [0.05, 0.1) is 11.7 Å². The maximum atomic E-state index is 12.6. The van der Waals surface area contributed by atoms with E-state index in [1.165, 1.54) is 6.33 Å². The number of nitrogens with one attached hydrogen (secondary N) is 1. The zero-order chi connectivity index (χ0) is 18.9. The molecule has 0 spiro atoms. The summed E-state index contributed by atoms with van der Waals surface area (Å²) in [5, 5.41) is 19.0. The summed E-state index contributed by atoms with van der Waals surface area (Å²) in [7, 11) is 0. The highest BCUT2D eigenvalue weighted by atomic mass is 16.1. The second kappa shape index (κ2) is 6.69. The second-order valence-corrected chi connectivity index (χ2v) is 6.60. The molecule has 0 unspecified atom stereocenters. The van der Waals surface area contributed by atoms with E-state index in [-0.39, 0.29) is 5.91 Å². The molecule has 1 saturated carbocycles. The molecule has 2 aromatic heterocycles. The van der Waals surface area contributed by atoms with Gasteiger partial charge in [0.15, 0.2) is 5.82 Å². The van der Waals surface area contributed by atoms with Gasteiger partial charge in [0.2, 0.25) is 0 Å². The van der Waals surface area contributed by atoms with Crippen LogP contribution in [0, 0.1) is 0 Å². The highest BCUT2D eigenvalue weighted by molar-refractivity contribution is 6.04. The van der Waals surface area contributed by atoms with Gasteiger partial charge in [-0.25, -0.2) is 14.3 Å². The first-order valence-corrected chi connectivity index (χ1v) is 8.93. The Morgan fingerprint density at radius 3 is 2.71 bits per heavy atom. The number of rotatable bonds is 5. The molecule has 5 rings (SSSR count). The van der Waals surface area contributed by atoms with Gasteiger partial charge in [0, 0.05) is 16.8 Å². The quantitative estimate of drug-likeness (QED) is 0.577. The lowest BCUT2D eigenvalue weighted by Gasteiger charge is -2.08. The Kier molecular flexibility index (Phi) is 3.90. The molecule has 0 bridgehead atoms. The summed E-state index contributed by atoms with van der Waals surface area (Å²) in [5.41, 5.74) is 2.95. The summed E-state index contributed by atoms with van der Waals surface area (Å²) >= 11 is 0. The number of hydrogen-bond acceptors (Lipinski definition) is 6. The zero-order valence-corrected chi connectivity index (χ0v) is 14.8. The number of aromatic nitrogens is 7. The van der Waals surface area contributed by atoms with E-state index >= 15 is 0 Å². The van der Waals surface area contributed by atoms with Gasteiger partial charge in [-0.1, -0.05) is 12.1 Å². The molecule has 2 aromatic carbocycles. The minimum Gasteiger partial charge on any atom is -0.322 e. The van der Waals surface area contributed by atoms with Crippen LogP contribution in [0.5, 0.6) is 0 Å². The molecule has 0 radical (unpaired) electrons. The first kappa shape index (κ1) is 16.3. The van der Waals surface area contributed by atoms with E-state index < -0.39 is 0 Å². The number of benzene rings is 2. The third-order valence-electron chi connectivity index (χ3n) is 4.58. The normalized spacial score (nSPS) is 13.4. The Balaban J connectivity index is 1.34. The molecule has 1 aliphatic carbocycles. The van der Waals surface area contributed by atoms with Crippen molar-refractivity contribution < 1.29 is 4.79 Å². The molecule has 0 aliphatic heterocycles. The van der Waals surface area contributed by atoms with E-state index in [9.17, 15) is 4.79 Å². The molecule has 4 aromatic rings. The lowest BCUT2D eigenvalue weighted by Crippen LogP contribution is -2.12. The van der Waals surface area contributed by atoms with E-state index in [0.717, 1.165) is 29.9 Å². The van der Waals surface area contributed by atoms with E-state index in [1.54, 1.807) is 23.1 Å². The summed E-state index contributed by atoms with van der Waals surface area (Å²) in [6.45, 7) is 0. The van der Waals surface area contributed by atoms with Crippen LogP contribution >= 0.6 is 0 Å². The topological polar surface area (TPSA) is 103 Å². The van der Waals surface area contributed by atoms with Crippen molar-refractivity contribution in [3.63, 3.8) is 0 Å². The number of carbonyl (C=O) groups excluding carboxylic acids is 1. The Morgan fingerprint density at radius 1 is 1.11 bits per heavy atom. The van der Waals surface area contributed by atoms with E-state index in [0.29, 0.717) is 17.3 Å². The van der Waals surface area contributed by atoms with E-state index in [4.69, 9.17) is 0 Å². The molecule has 28 heavy (non-hydrogen) atoms. The molecule has 1 aliphatic rings. The van der Waals surface area contributed by atoms with E-state index in [2.05, 4.69) is 30.9 Å². The summed E-state index contributed by atoms with van der Waals surface area (Å²) in [6.07, 6.45) is 5.26. The number of hydrogen-bond donors (Lipinski definition) is 1. The predicted octanol–water partition coefficient (Wildman–Crippen LogP) is 2.51. The summed E-state index contributed by atoms with van der Waals surface area (Å²) in [5.74, 6) is 0.528. The summed E-state index contributed by atoms with van der Waals surface area (Å²) in [4.78, 5) is 16.5. The zero-order valence-electron chi connectivity index (χ0n) is 14.8. The van der Waals surface area contributed by atoms with Crippen LogP contribution in [0.4, 0.5) is 5.69 Å². The van der Waals surface area contributed by atoms with Crippen LogP contribution in [0.2, 0.25) is 0 Å². The fraction of sp³-hybridized carbons (Fsp3) is 0.158. The van der Waals surface area contributed by atoms with Gasteiger partial charge in [0.25, 0.3) is 5.91 Å². The monoisotopic (exact) mass is 372 g/mol. The fourth-order valence-electron chi connectivity index (χ4n) is 3.00. The third-order valence-corrected chi connectivity index (χ3v) is 4.58. The van der Waals surface area contributed by atoms with Crippen LogP contribution < -0.4 is 5.32 Å². The Morgan fingerprint density at radius 2 is 1.96 bits per heavy atom. The molecule has 138 valence electrons. The van der Waals surface area contributed by atoms with Crippen molar-refractivity contribution in [2.75, 3.05) is 5.32 Å². The maximum absolute atomic E-state index is 12.6.